The number of barbiturate groups is 1. The van der Waals surface area contributed by atoms with E-state index in [1.54, 1.807) is 12.1 Å². The summed E-state index contributed by atoms with van der Waals surface area (Å²) in [6.45, 7) is 3.71. The van der Waals surface area contributed by atoms with Crippen LogP contribution < -0.4 is 15.4 Å². The van der Waals surface area contributed by atoms with Crippen LogP contribution in [0.15, 0.2) is 65.1 Å². The van der Waals surface area contributed by atoms with Crippen molar-refractivity contribution in [1.29, 1.82) is 0 Å². The molecule has 4 amide bonds. The maximum Gasteiger partial charge on any atom is 0.335 e. The Kier molecular flexibility index (Phi) is 6.30. The molecular formula is C33H34N4O5S. The van der Waals surface area contributed by atoms with E-state index in [0.717, 1.165) is 34.0 Å². The largest absolute Gasteiger partial charge is 0.335 e. The lowest BCUT2D eigenvalue weighted by Gasteiger charge is -2.57. The third kappa shape index (κ3) is 4.64. The molecule has 1 aliphatic heterocycles. The highest BCUT2D eigenvalue weighted by Gasteiger charge is 2.51. The molecule has 0 unspecified atom stereocenters. The third-order valence-electron chi connectivity index (χ3n) is 10.1. The summed E-state index contributed by atoms with van der Waals surface area (Å²) < 4.78 is 25.2. The van der Waals surface area contributed by atoms with Crippen molar-refractivity contribution in [3.8, 4) is 5.69 Å². The first-order chi connectivity index (χ1) is 20.4. The van der Waals surface area contributed by atoms with Crippen molar-refractivity contribution >= 4 is 39.6 Å². The van der Waals surface area contributed by atoms with Gasteiger partial charge in [-0.15, -0.1) is 0 Å². The molecule has 4 bridgehead atoms. The Morgan fingerprint density at radius 3 is 1.98 bits per heavy atom. The van der Waals surface area contributed by atoms with Crippen molar-refractivity contribution in [3.63, 3.8) is 0 Å². The molecule has 222 valence electrons. The lowest BCUT2D eigenvalue weighted by molar-refractivity contribution is -0.122. The highest BCUT2D eigenvalue weighted by Crippen LogP contribution is 2.60. The van der Waals surface area contributed by atoms with E-state index in [0.29, 0.717) is 16.9 Å². The van der Waals surface area contributed by atoms with Crippen LogP contribution in [0.25, 0.3) is 11.8 Å². The van der Waals surface area contributed by atoms with Gasteiger partial charge in [-0.25, -0.2) is 23.3 Å². The van der Waals surface area contributed by atoms with Crippen molar-refractivity contribution < 1.29 is 22.8 Å². The van der Waals surface area contributed by atoms with Gasteiger partial charge >= 0.3 is 6.03 Å². The summed E-state index contributed by atoms with van der Waals surface area (Å²) in [6.07, 6.45) is 9.23. The molecule has 8 rings (SSSR count). The van der Waals surface area contributed by atoms with E-state index in [1.165, 1.54) is 62.3 Å². The number of imide groups is 2. The first-order valence-corrected chi connectivity index (χ1v) is 16.3. The zero-order chi connectivity index (χ0) is 30.3. The number of nitrogens with one attached hydrogen (secondary N) is 1. The highest BCUT2D eigenvalue weighted by molar-refractivity contribution is 7.89. The Bertz CT molecular complexity index is 1780. The van der Waals surface area contributed by atoms with Gasteiger partial charge in [-0.3, -0.25) is 14.9 Å². The molecule has 2 aromatic carbocycles. The Morgan fingerprint density at radius 1 is 0.860 bits per heavy atom. The minimum atomic E-state index is -3.83. The van der Waals surface area contributed by atoms with Crippen molar-refractivity contribution in [2.45, 2.75) is 62.7 Å². The fourth-order valence-electron chi connectivity index (χ4n) is 8.59. The molecule has 3 aromatic rings. The molecule has 2 heterocycles. The number of nitrogens with two attached hydrogens (primary N) is 1. The Labute approximate surface area is 250 Å². The van der Waals surface area contributed by atoms with Crippen molar-refractivity contribution in [2.75, 3.05) is 4.90 Å². The number of hydrogen-bond donors (Lipinski definition) is 2. The predicted octanol–water partition coefficient (Wildman–Crippen LogP) is 4.88. The van der Waals surface area contributed by atoms with E-state index in [1.807, 2.05) is 36.6 Å². The maximum atomic E-state index is 13.7. The summed E-state index contributed by atoms with van der Waals surface area (Å²) in [5.74, 6) is 0.991. The van der Waals surface area contributed by atoms with E-state index in [9.17, 15) is 22.8 Å². The molecule has 4 saturated carbocycles. The van der Waals surface area contributed by atoms with Crippen LogP contribution in [0.5, 0.6) is 0 Å². The van der Waals surface area contributed by atoms with Crippen LogP contribution in [0, 0.1) is 31.6 Å². The molecule has 5 fully saturated rings. The van der Waals surface area contributed by atoms with Crippen LogP contribution in [0.2, 0.25) is 0 Å². The first-order valence-electron chi connectivity index (χ1n) is 14.8. The summed E-state index contributed by atoms with van der Waals surface area (Å²) in [5.41, 5.74) is 4.63. The van der Waals surface area contributed by atoms with Crippen LogP contribution in [0.3, 0.4) is 0 Å². The van der Waals surface area contributed by atoms with Crippen molar-refractivity contribution in [2.24, 2.45) is 22.9 Å². The second kappa shape index (κ2) is 9.75. The summed E-state index contributed by atoms with van der Waals surface area (Å²) in [5, 5.41) is 7.56. The fraction of sp³-hybridized carbons (Fsp3) is 0.364. The average molecular weight is 599 g/mol. The van der Waals surface area contributed by atoms with Gasteiger partial charge in [-0.2, -0.15) is 0 Å². The number of rotatable bonds is 5. The van der Waals surface area contributed by atoms with Gasteiger partial charge in [0.25, 0.3) is 11.8 Å². The van der Waals surface area contributed by atoms with Gasteiger partial charge in [-0.05, 0) is 135 Å². The van der Waals surface area contributed by atoms with Crippen LogP contribution in [-0.4, -0.2) is 30.8 Å². The monoisotopic (exact) mass is 598 g/mol. The third-order valence-corrected chi connectivity index (χ3v) is 11.0. The molecule has 43 heavy (non-hydrogen) atoms. The quantitative estimate of drug-likeness (QED) is 0.319. The molecule has 9 nitrogen and oxygen atoms in total. The lowest BCUT2D eigenvalue weighted by Crippen LogP contribution is -2.54. The van der Waals surface area contributed by atoms with Crippen LogP contribution in [0.4, 0.5) is 10.5 Å². The van der Waals surface area contributed by atoms with Crippen LogP contribution in [0.1, 0.15) is 61.0 Å². The standard InChI is InChI=1S/C33H34N4O5S/c1-19-11-24(20(2)36(19)26-7-9-28(10-8-26)43(34,41)42)15-29-30(38)35-32(40)37(31(29)39)27-5-3-25(4-6-27)33-16-21-12-22(17-33)14-23(13-21)18-33/h3-11,15,21-23H,12-14,16-18H2,1-2H3,(H2,34,41,42)(H,35,38,40)/b29-15+. The molecule has 1 aromatic heterocycles. The van der Waals surface area contributed by atoms with Gasteiger partial charge in [0.05, 0.1) is 10.6 Å². The molecule has 0 atom stereocenters. The first kappa shape index (κ1) is 27.8. The number of amides is 4. The number of anilines is 1. The predicted molar refractivity (Wildman–Crippen MR) is 162 cm³/mol. The van der Waals surface area contributed by atoms with Gasteiger partial charge in [-0.1, -0.05) is 12.1 Å². The number of primary sulfonamides is 1. The SMILES string of the molecule is Cc1cc(/C=C2\C(=O)NC(=O)N(c3ccc(C45CC6CC(CC(C6)C4)C5)cc3)C2=O)c(C)n1-c1ccc(S(N)(=O)=O)cc1. The van der Waals surface area contributed by atoms with E-state index in [4.69, 9.17) is 5.14 Å². The normalized spacial score (nSPS) is 27.7. The lowest BCUT2D eigenvalue weighted by atomic mass is 9.48. The van der Waals surface area contributed by atoms with E-state index >= 15 is 0 Å². The van der Waals surface area contributed by atoms with E-state index in [2.05, 4.69) is 17.4 Å². The van der Waals surface area contributed by atoms with Gasteiger partial charge in [0.2, 0.25) is 10.0 Å². The summed E-state index contributed by atoms with van der Waals surface area (Å²) in [7, 11) is -3.83. The number of carbonyl (C=O) groups excluding carboxylic acids is 3. The number of sulfonamides is 1. The minimum absolute atomic E-state index is 0.00116. The molecule has 3 N–H and O–H groups in total. The number of benzene rings is 2. The van der Waals surface area contributed by atoms with Gasteiger partial charge in [0.1, 0.15) is 5.57 Å². The van der Waals surface area contributed by atoms with Crippen molar-refractivity contribution in [1.82, 2.24) is 9.88 Å². The molecule has 1 saturated heterocycles. The summed E-state index contributed by atoms with van der Waals surface area (Å²) >= 11 is 0. The smallest absolute Gasteiger partial charge is 0.318 e. The summed E-state index contributed by atoms with van der Waals surface area (Å²) in [4.78, 5) is 40.5. The molecule has 0 radical (unpaired) electrons. The molecular weight excluding hydrogens is 564 g/mol. The average Bonchev–Trinajstić information content (AvgIpc) is 3.22. The number of carbonyl (C=O) groups is 3. The zero-order valence-corrected chi connectivity index (χ0v) is 25.0. The van der Waals surface area contributed by atoms with E-state index in [-0.39, 0.29) is 15.9 Å². The molecule has 0 spiro atoms. The Morgan fingerprint density at radius 2 is 1.42 bits per heavy atom. The topological polar surface area (TPSA) is 132 Å². The Hall–Kier alpha value is -4.02. The molecule has 5 aliphatic rings. The zero-order valence-electron chi connectivity index (χ0n) is 24.2. The number of aryl methyl sites for hydroxylation is 1. The molecule has 10 heteroatoms. The second-order valence-corrected chi connectivity index (χ2v) is 14.5. The molecule has 4 aliphatic carbocycles. The summed E-state index contributed by atoms with van der Waals surface area (Å²) in [6, 6.07) is 15.0. The second-order valence-electron chi connectivity index (χ2n) is 12.9. The van der Waals surface area contributed by atoms with Gasteiger partial charge in [0.15, 0.2) is 0 Å². The minimum Gasteiger partial charge on any atom is -0.318 e. The fourth-order valence-corrected chi connectivity index (χ4v) is 9.11. The number of aromatic nitrogens is 1. The van der Waals surface area contributed by atoms with Crippen LogP contribution in [-0.2, 0) is 25.0 Å². The van der Waals surface area contributed by atoms with Gasteiger partial charge in [0, 0.05) is 17.1 Å². The van der Waals surface area contributed by atoms with Crippen molar-refractivity contribution in [3.05, 3.63) is 82.7 Å². The van der Waals surface area contributed by atoms with E-state index < -0.39 is 27.9 Å². The number of nitrogens with zero attached hydrogens (tertiary/aromatic N) is 2. The van der Waals surface area contributed by atoms with Crippen LogP contribution >= 0.6 is 0 Å². The van der Waals surface area contributed by atoms with Gasteiger partial charge < -0.3 is 4.57 Å². The number of hydrogen-bond acceptors (Lipinski definition) is 5. The maximum absolute atomic E-state index is 13.7. The number of urea groups is 1. The highest BCUT2D eigenvalue weighted by atomic mass is 32.2. The Balaban J connectivity index is 1.17.